The zero-order chi connectivity index (χ0) is 21.3. The van der Waals surface area contributed by atoms with Crippen LogP contribution in [0, 0.1) is 0 Å². The van der Waals surface area contributed by atoms with Crippen LogP contribution < -0.4 is 0 Å². The monoisotopic (exact) mass is 426 g/mol. The largest absolute Gasteiger partial charge is 0.346 e. The third-order valence-electron chi connectivity index (χ3n) is 6.06. The Bertz CT molecular complexity index is 1110. The van der Waals surface area contributed by atoms with Gasteiger partial charge in [0, 0.05) is 56.1 Å². The van der Waals surface area contributed by atoms with Crippen molar-refractivity contribution in [3.63, 3.8) is 0 Å². The average Bonchev–Trinajstić information content (AvgIpc) is 3.16. The molecule has 1 fully saturated rings. The quantitative estimate of drug-likeness (QED) is 0.653. The van der Waals surface area contributed by atoms with Gasteiger partial charge in [-0.15, -0.1) is 0 Å². The van der Waals surface area contributed by atoms with E-state index in [1.807, 2.05) is 18.3 Å². The number of hydrogen-bond donors (Lipinski definition) is 1. The number of aromatic nitrogens is 2. The predicted molar refractivity (Wildman–Crippen MR) is 121 cm³/mol. The molecule has 1 aromatic carbocycles. The van der Waals surface area contributed by atoms with E-state index >= 15 is 0 Å². The highest BCUT2D eigenvalue weighted by Crippen LogP contribution is 2.27. The lowest BCUT2D eigenvalue weighted by atomic mass is 10.1. The van der Waals surface area contributed by atoms with Crippen LogP contribution in [0.4, 0.5) is 0 Å². The number of aromatic amines is 1. The minimum atomic E-state index is -3.26. The first kappa shape index (κ1) is 21.0. The molecule has 0 atom stereocenters. The Morgan fingerprint density at radius 2 is 1.70 bits per heavy atom. The molecule has 4 rings (SSSR count). The zero-order valence-corrected chi connectivity index (χ0v) is 18.7. The van der Waals surface area contributed by atoms with Crippen molar-refractivity contribution in [1.29, 1.82) is 0 Å². The maximum atomic E-state index is 12.4. The van der Waals surface area contributed by atoms with Gasteiger partial charge in [-0.05, 0) is 49.7 Å². The number of hydrogen-bond acceptors (Lipinski definition) is 5. The summed E-state index contributed by atoms with van der Waals surface area (Å²) in [4.78, 5) is 13.2. The van der Waals surface area contributed by atoms with Gasteiger partial charge in [0.1, 0.15) is 5.65 Å². The van der Waals surface area contributed by atoms with E-state index in [1.165, 1.54) is 5.56 Å². The Balaban J connectivity index is 1.57. The second-order valence-electron chi connectivity index (χ2n) is 8.26. The van der Waals surface area contributed by atoms with E-state index in [9.17, 15) is 8.42 Å². The first-order chi connectivity index (χ1) is 14.4. The van der Waals surface area contributed by atoms with Gasteiger partial charge in [0.25, 0.3) is 0 Å². The van der Waals surface area contributed by atoms with Crippen LogP contribution in [0.25, 0.3) is 22.2 Å². The standard InChI is InChI=1S/C23H30N4O2S/c1-4-26-9-11-27(12-10-26)16-20-15-25-23-22(20)13-19(14-24-23)18-5-7-21(8-6-18)30(28,29)17(2)3/h5-8,13-15,17H,4,9-12,16H2,1-3H3,(H,24,25). The Labute approximate surface area is 178 Å². The number of benzene rings is 1. The van der Waals surface area contributed by atoms with Crippen molar-refractivity contribution in [3.8, 4) is 11.1 Å². The predicted octanol–water partition coefficient (Wildman–Crippen LogP) is 3.55. The van der Waals surface area contributed by atoms with Gasteiger partial charge in [-0.3, -0.25) is 4.90 Å². The van der Waals surface area contributed by atoms with Crippen LogP contribution in [0.15, 0.2) is 47.6 Å². The van der Waals surface area contributed by atoms with Crippen molar-refractivity contribution in [2.75, 3.05) is 32.7 Å². The SMILES string of the molecule is CCN1CCN(Cc2c[nH]c3ncc(-c4ccc(S(=O)(=O)C(C)C)cc4)cc23)CC1. The first-order valence-electron chi connectivity index (χ1n) is 10.6. The van der Waals surface area contributed by atoms with Gasteiger partial charge in [-0.1, -0.05) is 19.1 Å². The summed E-state index contributed by atoms with van der Waals surface area (Å²) < 4.78 is 24.7. The van der Waals surface area contributed by atoms with Crippen molar-refractivity contribution in [3.05, 3.63) is 48.3 Å². The summed E-state index contributed by atoms with van der Waals surface area (Å²) in [7, 11) is -3.26. The Kier molecular flexibility index (Phi) is 5.95. The van der Waals surface area contributed by atoms with E-state index in [2.05, 4.69) is 39.0 Å². The van der Waals surface area contributed by atoms with Gasteiger partial charge in [-0.25, -0.2) is 13.4 Å². The maximum absolute atomic E-state index is 12.4. The molecule has 0 radical (unpaired) electrons. The fraction of sp³-hybridized carbons (Fsp3) is 0.435. The molecule has 3 aromatic rings. The second-order valence-corrected chi connectivity index (χ2v) is 10.8. The fourth-order valence-corrected chi connectivity index (χ4v) is 5.02. The molecular formula is C23H30N4O2S. The number of nitrogens with zero attached hydrogens (tertiary/aromatic N) is 3. The number of H-pyrrole nitrogens is 1. The van der Waals surface area contributed by atoms with Crippen LogP contribution in [0.2, 0.25) is 0 Å². The third-order valence-corrected chi connectivity index (χ3v) is 8.23. The Morgan fingerprint density at radius 3 is 2.33 bits per heavy atom. The summed E-state index contributed by atoms with van der Waals surface area (Å²) >= 11 is 0. The molecule has 30 heavy (non-hydrogen) atoms. The highest BCUT2D eigenvalue weighted by molar-refractivity contribution is 7.92. The maximum Gasteiger partial charge on any atom is 0.180 e. The molecule has 1 N–H and O–H groups in total. The molecule has 0 bridgehead atoms. The van der Waals surface area contributed by atoms with Gasteiger partial charge in [0.15, 0.2) is 9.84 Å². The van der Waals surface area contributed by atoms with E-state index in [-0.39, 0.29) is 0 Å². The number of sulfone groups is 1. The number of likely N-dealkylation sites (N-methyl/N-ethyl adjacent to an activating group) is 1. The van der Waals surface area contributed by atoms with Crippen LogP contribution in [0.3, 0.4) is 0 Å². The number of rotatable bonds is 6. The van der Waals surface area contributed by atoms with Crippen LogP contribution in [-0.4, -0.2) is 66.2 Å². The van der Waals surface area contributed by atoms with Crippen molar-refractivity contribution in [1.82, 2.24) is 19.8 Å². The molecule has 0 unspecified atom stereocenters. The highest BCUT2D eigenvalue weighted by atomic mass is 32.2. The number of pyridine rings is 1. The molecule has 160 valence electrons. The van der Waals surface area contributed by atoms with Crippen molar-refractivity contribution >= 4 is 20.9 Å². The molecule has 6 nitrogen and oxygen atoms in total. The van der Waals surface area contributed by atoms with E-state index in [4.69, 9.17) is 0 Å². The summed E-state index contributed by atoms with van der Waals surface area (Å²) in [6.07, 6.45) is 3.90. The van der Waals surface area contributed by atoms with Gasteiger partial charge in [-0.2, -0.15) is 0 Å². The van der Waals surface area contributed by atoms with Gasteiger partial charge in [0.2, 0.25) is 0 Å². The molecular weight excluding hydrogens is 396 g/mol. The van der Waals surface area contributed by atoms with Gasteiger partial charge < -0.3 is 9.88 Å². The van der Waals surface area contributed by atoms with Crippen molar-refractivity contribution < 1.29 is 8.42 Å². The molecule has 1 aliphatic heterocycles. The van der Waals surface area contributed by atoms with Crippen molar-refractivity contribution in [2.24, 2.45) is 0 Å². The minimum Gasteiger partial charge on any atom is -0.346 e. The normalized spacial score (nSPS) is 16.5. The van der Waals surface area contributed by atoms with E-state index < -0.39 is 15.1 Å². The average molecular weight is 427 g/mol. The lowest BCUT2D eigenvalue weighted by Crippen LogP contribution is -2.45. The molecule has 2 aromatic heterocycles. The van der Waals surface area contributed by atoms with Crippen LogP contribution in [-0.2, 0) is 16.4 Å². The summed E-state index contributed by atoms with van der Waals surface area (Å²) in [5, 5.41) is 0.701. The zero-order valence-electron chi connectivity index (χ0n) is 17.9. The molecule has 7 heteroatoms. The summed E-state index contributed by atoms with van der Waals surface area (Å²) in [6.45, 7) is 12.1. The van der Waals surface area contributed by atoms with E-state index in [0.717, 1.165) is 61.4 Å². The fourth-order valence-electron chi connectivity index (χ4n) is 3.96. The van der Waals surface area contributed by atoms with E-state index in [0.29, 0.717) is 4.90 Å². The summed E-state index contributed by atoms with van der Waals surface area (Å²) in [5.74, 6) is 0. The molecule has 0 amide bonds. The van der Waals surface area contributed by atoms with Gasteiger partial charge in [0.05, 0.1) is 10.1 Å². The molecule has 1 saturated heterocycles. The van der Waals surface area contributed by atoms with Crippen molar-refractivity contribution in [2.45, 2.75) is 37.5 Å². The second kappa shape index (κ2) is 8.49. The molecule has 1 aliphatic rings. The smallest absolute Gasteiger partial charge is 0.180 e. The topological polar surface area (TPSA) is 69.3 Å². The highest BCUT2D eigenvalue weighted by Gasteiger charge is 2.19. The first-order valence-corrected chi connectivity index (χ1v) is 12.2. The lowest BCUT2D eigenvalue weighted by Gasteiger charge is -2.33. The van der Waals surface area contributed by atoms with Crippen LogP contribution in [0.5, 0.6) is 0 Å². The van der Waals surface area contributed by atoms with Crippen LogP contribution in [0.1, 0.15) is 26.3 Å². The van der Waals surface area contributed by atoms with Gasteiger partial charge >= 0.3 is 0 Å². The molecule has 3 heterocycles. The Morgan fingerprint density at radius 1 is 1.03 bits per heavy atom. The number of nitrogens with one attached hydrogen (secondary N) is 1. The van der Waals surface area contributed by atoms with Crippen LogP contribution >= 0.6 is 0 Å². The molecule has 0 saturated carbocycles. The summed E-state index contributed by atoms with van der Waals surface area (Å²) in [6, 6.07) is 9.28. The summed E-state index contributed by atoms with van der Waals surface area (Å²) in [5.41, 5.74) is 4.10. The molecule has 0 aliphatic carbocycles. The number of piperazine rings is 1. The lowest BCUT2D eigenvalue weighted by molar-refractivity contribution is 0.132. The van der Waals surface area contributed by atoms with E-state index in [1.54, 1.807) is 26.0 Å². The number of fused-ring (bicyclic) bond motifs is 1. The molecule has 0 spiro atoms. The minimum absolute atomic E-state index is 0.365. The third kappa shape index (κ3) is 4.15. The Hall–Kier alpha value is -2.22.